The van der Waals surface area contributed by atoms with Crippen molar-refractivity contribution in [3.05, 3.63) is 0 Å². The van der Waals surface area contributed by atoms with Crippen LogP contribution in [0.3, 0.4) is 0 Å². The third kappa shape index (κ3) is 5.04. The van der Waals surface area contributed by atoms with Crippen LogP contribution in [0.2, 0.25) is 0 Å². The van der Waals surface area contributed by atoms with Gasteiger partial charge >= 0.3 is 5.97 Å². The lowest BCUT2D eigenvalue weighted by atomic mass is 9.95. The predicted octanol–water partition coefficient (Wildman–Crippen LogP) is 1.86. The molecule has 3 atom stereocenters. The van der Waals surface area contributed by atoms with Gasteiger partial charge in [-0.15, -0.1) is 0 Å². The highest BCUT2D eigenvalue weighted by Gasteiger charge is 2.26. The van der Waals surface area contributed by atoms with Gasteiger partial charge in [0.25, 0.3) is 0 Å². The number of hydrogen-bond donors (Lipinski definition) is 1. The van der Waals surface area contributed by atoms with Crippen LogP contribution in [-0.4, -0.2) is 31.3 Å². The van der Waals surface area contributed by atoms with Gasteiger partial charge in [-0.1, -0.05) is 13.8 Å². The number of esters is 1. The summed E-state index contributed by atoms with van der Waals surface area (Å²) in [6.07, 6.45) is 4.73. The highest BCUT2D eigenvalue weighted by atomic mass is 16.5. The first-order chi connectivity index (χ1) is 8.02. The minimum Gasteiger partial charge on any atom is -0.461 e. The van der Waals surface area contributed by atoms with Gasteiger partial charge in [0.05, 0.1) is 6.10 Å². The number of ether oxygens (including phenoxy) is 2. The molecule has 0 saturated heterocycles. The quantitative estimate of drug-likeness (QED) is 0.749. The van der Waals surface area contributed by atoms with E-state index >= 15 is 0 Å². The average molecular weight is 243 g/mol. The lowest BCUT2D eigenvalue weighted by Crippen LogP contribution is -2.38. The van der Waals surface area contributed by atoms with Gasteiger partial charge in [0.1, 0.15) is 12.1 Å². The molecule has 4 heteroatoms. The van der Waals surface area contributed by atoms with E-state index in [1.165, 1.54) is 0 Å². The van der Waals surface area contributed by atoms with Crippen molar-refractivity contribution >= 4 is 5.97 Å². The van der Waals surface area contributed by atoms with Crippen molar-refractivity contribution in [1.82, 2.24) is 0 Å². The van der Waals surface area contributed by atoms with Crippen molar-refractivity contribution in [2.45, 2.75) is 64.2 Å². The Hall–Kier alpha value is -0.610. The molecule has 1 rings (SSSR count). The van der Waals surface area contributed by atoms with Gasteiger partial charge in [-0.2, -0.15) is 0 Å². The summed E-state index contributed by atoms with van der Waals surface area (Å²) in [5.41, 5.74) is 5.80. The first-order valence-corrected chi connectivity index (χ1v) is 6.51. The second-order valence-electron chi connectivity index (χ2n) is 5.32. The van der Waals surface area contributed by atoms with Gasteiger partial charge in [0.2, 0.25) is 0 Å². The number of rotatable bonds is 5. The Balaban J connectivity index is 2.34. The summed E-state index contributed by atoms with van der Waals surface area (Å²) in [5, 5.41) is 0. The third-order valence-corrected chi connectivity index (χ3v) is 3.22. The SMILES string of the molecule is COC1CCCC(OC(=O)C(N)CC(C)C)C1. The summed E-state index contributed by atoms with van der Waals surface area (Å²) in [6.45, 7) is 4.10. The standard InChI is InChI=1S/C13H25NO3/c1-9(2)7-12(14)13(15)17-11-6-4-5-10(8-11)16-3/h9-12H,4-8,14H2,1-3H3. The Morgan fingerprint density at radius 1 is 1.35 bits per heavy atom. The van der Waals surface area contributed by atoms with Crippen LogP contribution in [0.5, 0.6) is 0 Å². The van der Waals surface area contributed by atoms with E-state index in [1.54, 1.807) is 7.11 Å². The molecule has 0 radical (unpaired) electrons. The van der Waals surface area contributed by atoms with Gasteiger partial charge in [-0.05, 0) is 31.6 Å². The van der Waals surface area contributed by atoms with Crippen molar-refractivity contribution in [1.29, 1.82) is 0 Å². The number of methoxy groups -OCH3 is 1. The van der Waals surface area contributed by atoms with Crippen molar-refractivity contribution in [3.63, 3.8) is 0 Å². The summed E-state index contributed by atoms with van der Waals surface area (Å²) >= 11 is 0. The monoisotopic (exact) mass is 243 g/mol. The van der Waals surface area contributed by atoms with Crippen LogP contribution in [0.25, 0.3) is 0 Å². The van der Waals surface area contributed by atoms with E-state index in [0.29, 0.717) is 12.3 Å². The molecular weight excluding hydrogens is 218 g/mol. The molecule has 0 amide bonds. The van der Waals surface area contributed by atoms with Gasteiger partial charge in [-0.3, -0.25) is 4.79 Å². The molecule has 0 heterocycles. The summed E-state index contributed by atoms with van der Waals surface area (Å²) in [4.78, 5) is 11.8. The first-order valence-electron chi connectivity index (χ1n) is 6.51. The molecule has 4 nitrogen and oxygen atoms in total. The molecule has 0 aromatic carbocycles. The Bertz CT molecular complexity index is 243. The molecule has 1 saturated carbocycles. The predicted molar refractivity (Wildman–Crippen MR) is 66.6 cm³/mol. The molecule has 17 heavy (non-hydrogen) atoms. The highest BCUT2D eigenvalue weighted by molar-refractivity contribution is 5.75. The van der Waals surface area contributed by atoms with Crippen LogP contribution in [-0.2, 0) is 14.3 Å². The van der Waals surface area contributed by atoms with E-state index < -0.39 is 6.04 Å². The highest BCUT2D eigenvalue weighted by Crippen LogP contribution is 2.23. The largest absolute Gasteiger partial charge is 0.461 e. The summed E-state index contributed by atoms with van der Waals surface area (Å²) in [5.74, 6) is 0.149. The minimum absolute atomic E-state index is 0.0144. The van der Waals surface area contributed by atoms with Crippen molar-refractivity contribution in [3.8, 4) is 0 Å². The topological polar surface area (TPSA) is 61.5 Å². The minimum atomic E-state index is -0.488. The second-order valence-corrected chi connectivity index (χ2v) is 5.32. The van der Waals surface area contributed by atoms with Crippen LogP contribution in [0.15, 0.2) is 0 Å². The number of carbonyl (C=O) groups excluding carboxylic acids is 1. The maximum absolute atomic E-state index is 11.8. The van der Waals surface area contributed by atoms with Gasteiger partial charge in [-0.25, -0.2) is 0 Å². The van der Waals surface area contributed by atoms with Crippen molar-refractivity contribution in [2.24, 2.45) is 11.7 Å². The molecule has 2 N–H and O–H groups in total. The van der Waals surface area contributed by atoms with Crippen molar-refractivity contribution in [2.75, 3.05) is 7.11 Å². The molecular formula is C13H25NO3. The molecule has 0 aromatic rings. The van der Waals surface area contributed by atoms with E-state index in [-0.39, 0.29) is 18.2 Å². The van der Waals surface area contributed by atoms with Crippen LogP contribution in [0.1, 0.15) is 46.0 Å². The molecule has 100 valence electrons. The summed E-state index contributed by atoms with van der Waals surface area (Å²) < 4.78 is 10.7. The van der Waals surface area contributed by atoms with E-state index in [1.807, 2.05) is 0 Å². The van der Waals surface area contributed by atoms with Crippen LogP contribution in [0.4, 0.5) is 0 Å². The zero-order valence-corrected chi connectivity index (χ0v) is 11.1. The molecule has 1 aliphatic rings. The van der Waals surface area contributed by atoms with E-state index in [2.05, 4.69) is 13.8 Å². The molecule has 1 aliphatic carbocycles. The van der Waals surface area contributed by atoms with Crippen molar-refractivity contribution < 1.29 is 14.3 Å². The molecule has 0 aromatic heterocycles. The van der Waals surface area contributed by atoms with E-state index in [9.17, 15) is 4.79 Å². The number of carbonyl (C=O) groups is 1. The zero-order valence-electron chi connectivity index (χ0n) is 11.1. The fourth-order valence-electron chi connectivity index (χ4n) is 2.28. The Morgan fingerprint density at radius 3 is 2.59 bits per heavy atom. The fraction of sp³-hybridized carbons (Fsp3) is 0.923. The third-order valence-electron chi connectivity index (χ3n) is 3.22. The lowest BCUT2D eigenvalue weighted by molar-refractivity contribution is -0.154. The maximum atomic E-state index is 11.8. The average Bonchev–Trinajstić information content (AvgIpc) is 2.28. The second kappa shape index (κ2) is 6.97. The molecule has 3 unspecified atom stereocenters. The van der Waals surface area contributed by atoms with Gasteiger partial charge < -0.3 is 15.2 Å². The molecule has 0 bridgehead atoms. The van der Waals surface area contributed by atoms with Crippen LogP contribution in [0, 0.1) is 5.92 Å². The molecule has 0 aliphatic heterocycles. The van der Waals surface area contributed by atoms with Gasteiger partial charge in [0, 0.05) is 13.5 Å². The van der Waals surface area contributed by atoms with Gasteiger partial charge in [0.15, 0.2) is 0 Å². The number of nitrogens with two attached hydrogens (primary N) is 1. The van der Waals surface area contributed by atoms with E-state index in [4.69, 9.17) is 15.2 Å². The smallest absolute Gasteiger partial charge is 0.323 e. The Kier molecular flexibility index (Phi) is 5.92. The Labute approximate surface area is 104 Å². The molecule has 0 spiro atoms. The van der Waals surface area contributed by atoms with E-state index in [0.717, 1.165) is 25.7 Å². The molecule has 1 fully saturated rings. The lowest BCUT2D eigenvalue weighted by Gasteiger charge is -2.28. The van der Waals surface area contributed by atoms with Crippen LogP contribution >= 0.6 is 0 Å². The first kappa shape index (κ1) is 14.5. The number of hydrogen-bond acceptors (Lipinski definition) is 4. The zero-order chi connectivity index (χ0) is 12.8. The summed E-state index contributed by atoms with van der Waals surface area (Å²) in [6, 6.07) is -0.488. The van der Waals surface area contributed by atoms with Crippen LogP contribution < -0.4 is 5.73 Å². The fourth-order valence-corrected chi connectivity index (χ4v) is 2.28. The normalized spacial score (nSPS) is 26.9. The Morgan fingerprint density at radius 2 is 2.00 bits per heavy atom. The maximum Gasteiger partial charge on any atom is 0.323 e. The summed E-state index contributed by atoms with van der Waals surface area (Å²) in [7, 11) is 1.71.